The third-order valence-corrected chi connectivity index (χ3v) is 6.54. The lowest BCUT2D eigenvalue weighted by Gasteiger charge is -2.00. The van der Waals surface area contributed by atoms with E-state index in [9.17, 15) is 13.2 Å². The van der Waals surface area contributed by atoms with Gasteiger partial charge in [-0.3, -0.25) is 4.79 Å². The molecule has 5 aromatic rings. The number of rotatable bonds is 4. The fourth-order valence-electron chi connectivity index (χ4n) is 3.09. The van der Waals surface area contributed by atoms with E-state index in [4.69, 9.17) is 14.0 Å². The van der Waals surface area contributed by atoms with Crippen LogP contribution in [0.5, 0.6) is 0 Å². The topological polar surface area (TPSA) is 134 Å². The van der Waals surface area contributed by atoms with E-state index in [1.54, 1.807) is 49.6 Å². The number of nitrogens with two attached hydrogens (primary N) is 1. The van der Waals surface area contributed by atoms with Crippen molar-refractivity contribution in [2.75, 3.05) is 0 Å². The van der Waals surface area contributed by atoms with Gasteiger partial charge in [0.2, 0.25) is 15.0 Å². The van der Waals surface area contributed by atoms with E-state index >= 15 is 0 Å². The largest absolute Gasteiger partial charge is 0.469 e. The predicted molar refractivity (Wildman–Crippen MR) is 114 cm³/mol. The van der Waals surface area contributed by atoms with Crippen LogP contribution in [-0.2, 0) is 10.0 Å². The number of benzene rings is 1. The Morgan fingerprint density at radius 3 is 2.55 bits per heavy atom. The SMILES string of the molecule is Cc1occc1-c1nc2s/c(=C/c3ccc(-c4ccc(S(N)(=O)=O)cc4)o3)c(=O)n2n1. The van der Waals surface area contributed by atoms with Crippen LogP contribution >= 0.6 is 11.3 Å². The lowest BCUT2D eigenvalue weighted by Crippen LogP contribution is -2.23. The van der Waals surface area contributed by atoms with Crippen LogP contribution in [0.1, 0.15) is 11.5 Å². The number of hydrogen-bond acceptors (Lipinski definition) is 8. The highest BCUT2D eigenvalue weighted by atomic mass is 32.2. The second kappa shape index (κ2) is 7.01. The molecule has 11 heteroatoms. The predicted octanol–water partition coefficient (Wildman–Crippen LogP) is 2.17. The third-order valence-electron chi connectivity index (χ3n) is 4.65. The lowest BCUT2D eigenvalue weighted by atomic mass is 10.2. The Morgan fingerprint density at radius 1 is 1.13 bits per heavy atom. The van der Waals surface area contributed by atoms with Crippen LogP contribution in [0.2, 0.25) is 0 Å². The summed E-state index contributed by atoms with van der Waals surface area (Å²) in [6.07, 6.45) is 3.17. The summed E-state index contributed by atoms with van der Waals surface area (Å²) in [6, 6.07) is 11.2. The molecule has 4 aromatic heterocycles. The van der Waals surface area contributed by atoms with E-state index in [0.717, 1.165) is 5.56 Å². The molecule has 0 unspecified atom stereocenters. The standard InChI is InChI=1S/C20H14N4O5S2/c1-11-15(8-9-28-11)18-22-20-24(23-18)19(25)17(30-20)10-13-4-7-16(29-13)12-2-5-14(6-3-12)31(21,26)27/h2-10H,1H3,(H2,21,26,27)/b17-10+. The molecule has 31 heavy (non-hydrogen) atoms. The third kappa shape index (κ3) is 3.48. The fraction of sp³-hybridized carbons (Fsp3) is 0.0500. The van der Waals surface area contributed by atoms with Crippen LogP contribution in [0.25, 0.3) is 33.7 Å². The van der Waals surface area contributed by atoms with E-state index in [1.807, 2.05) is 0 Å². The molecule has 156 valence electrons. The van der Waals surface area contributed by atoms with Crippen molar-refractivity contribution in [2.24, 2.45) is 5.14 Å². The molecule has 5 rings (SSSR count). The van der Waals surface area contributed by atoms with E-state index in [-0.39, 0.29) is 10.5 Å². The fourth-order valence-corrected chi connectivity index (χ4v) is 4.49. The second-order valence-corrected chi connectivity index (χ2v) is 9.28. The number of aryl methyl sites for hydroxylation is 1. The Hall–Kier alpha value is -3.54. The molecule has 0 bridgehead atoms. The normalized spacial score (nSPS) is 12.8. The van der Waals surface area contributed by atoms with Gasteiger partial charge in [0, 0.05) is 11.6 Å². The summed E-state index contributed by atoms with van der Waals surface area (Å²) in [5.74, 6) is 2.11. The minimum absolute atomic E-state index is 0.0185. The molecule has 0 saturated heterocycles. The molecule has 0 amide bonds. The van der Waals surface area contributed by atoms with E-state index in [1.165, 1.54) is 28.0 Å². The van der Waals surface area contributed by atoms with Gasteiger partial charge in [0.25, 0.3) is 5.56 Å². The summed E-state index contributed by atoms with van der Waals surface area (Å²) in [5.41, 5.74) is 1.12. The van der Waals surface area contributed by atoms with Crippen LogP contribution in [-0.4, -0.2) is 23.0 Å². The summed E-state index contributed by atoms with van der Waals surface area (Å²) in [4.78, 5) is 17.6. The first-order valence-electron chi connectivity index (χ1n) is 8.98. The maximum absolute atomic E-state index is 12.7. The monoisotopic (exact) mass is 454 g/mol. The zero-order chi connectivity index (χ0) is 21.8. The molecule has 0 aliphatic rings. The molecule has 1 aromatic carbocycles. The molecule has 2 N–H and O–H groups in total. The Kier molecular flexibility index (Phi) is 4.39. The summed E-state index contributed by atoms with van der Waals surface area (Å²) in [5, 5.41) is 9.41. The lowest BCUT2D eigenvalue weighted by molar-refractivity contribution is 0.535. The number of primary sulfonamides is 1. The Labute approximate surface area is 179 Å². The van der Waals surface area contributed by atoms with Crippen LogP contribution in [0.15, 0.2) is 67.3 Å². The molecule has 0 aliphatic heterocycles. The highest BCUT2D eigenvalue weighted by Crippen LogP contribution is 2.24. The first-order valence-corrected chi connectivity index (χ1v) is 11.3. The van der Waals surface area contributed by atoms with E-state index in [2.05, 4.69) is 10.1 Å². The summed E-state index contributed by atoms with van der Waals surface area (Å²) in [7, 11) is -3.76. The van der Waals surface area contributed by atoms with Crippen LogP contribution < -0.4 is 15.2 Å². The van der Waals surface area contributed by atoms with E-state index in [0.29, 0.717) is 38.2 Å². The number of sulfonamides is 1. The summed E-state index contributed by atoms with van der Waals surface area (Å²) in [6.45, 7) is 1.80. The van der Waals surface area contributed by atoms with Crippen molar-refractivity contribution in [1.82, 2.24) is 14.6 Å². The van der Waals surface area contributed by atoms with Gasteiger partial charge in [0.05, 0.1) is 16.7 Å². The van der Waals surface area contributed by atoms with Crippen molar-refractivity contribution in [3.8, 4) is 22.7 Å². The van der Waals surface area contributed by atoms with Gasteiger partial charge in [-0.1, -0.05) is 11.3 Å². The van der Waals surface area contributed by atoms with Crippen molar-refractivity contribution >= 4 is 32.4 Å². The number of nitrogens with zero attached hydrogens (tertiary/aromatic N) is 3. The first kappa shape index (κ1) is 19.4. The highest BCUT2D eigenvalue weighted by Gasteiger charge is 2.15. The molecule has 0 aliphatic carbocycles. The average molecular weight is 454 g/mol. The van der Waals surface area contributed by atoms with Crippen molar-refractivity contribution in [2.45, 2.75) is 11.8 Å². The number of fused-ring (bicyclic) bond motifs is 1. The zero-order valence-electron chi connectivity index (χ0n) is 16.0. The Bertz CT molecular complexity index is 1640. The Morgan fingerprint density at radius 2 is 1.90 bits per heavy atom. The molecule has 0 spiro atoms. The van der Waals surface area contributed by atoms with Crippen LogP contribution in [0.4, 0.5) is 0 Å². The number of hydrogen-bond donors (Lipinski definition) is 1. The Balaban J connectivity index is 1.48. The van der Waals surface area contributed by atoms with Crippen molar-refractivity contribution in [1.29, 1.82) is 0 Å². The molecule has 9 nitrogen and oxygen atoms in total. The number of aromatic nitrogens is 3. The van der Waals surface area contributed by atoms with E-state index < -0.39 is 10.0 Å². The average Bonchev–Trinajstić information content (AvgIpc) is 3.49. The smallest absolute Gasteiger partial charge is 0.291 e. The molecular weight excluding hydrogens is 440 g/mol. The van der Waals surface area contributed by atoms with Crippen LogP contribution in [0.3, 0.4) is 0 Å². The minimum Gasteiger partial charge on any atom is -0.469 e. The maximum atomic E-state index is 12.7. The molecule has 0 saturated carbocycles. The first-order chi connectivity index (χ1) is 14.8. The highest BCUT2D eigenvalue weighted by molar-refractivity contribution is 7.89. The molecule has 0 atom stereocenters. The zero-order valence-corrected chi connectivity index (χ0v) is 17.6. The number of thiazole rings is 1. The van der Waals surface area contributed by atoms with Gasteiger partial charge in [-0.2, -0.15) is 9.50 Å². The second-order valence-electron chi connectivity index (χ2n) is 6.71. The maximum Gasteiger partial charge on any atom is 0.291 e. The summed E-state index contributed by atoms with van der Waals surface area (Å²) < 4.78 is 35.5. The van der Waals surface area contributed by atoms with Gasteiger partial charge in [-0.15, -0.1) is 5.10 Å². The molecule has 4 heterocycles. The van der Waals surface area contributed by atoms with Gasteiger partial charge >= 0.3 is 0 Å². The molecular formula is C20H14N4O5S2. The minimum atomic E-state index is -3.76. The van der Waals surface area contributed by atoms with Crippen molar-refractivity contribution in [3.05, 3.63) is 75.1 Å². The van der Waals surface area contributed by atoms with Gasteiger partial charge in [-0.25, -0.2) is 13.6 Å². The van der Waals surface area contributed by atoms with Crippen molar-refractivity contribution < 1.29 is 17.3 Å². The van der Waals surface area contributed by atoms with Crippen molar-refractivity contribution in [3.63, 3.8) is 0 Å². The van der Waals surface area contributed by atoms with Crippen LogP contribution in [0, 0.1) is 6.92 Å². The summed E-state index contributed by atoms with van der Waals surface area (Å²) >= 11 is 1.20. The van der Waals surface area contributed by atoms with Gasteiger partial charge in [-0.05, 0) is 49.4 Å². The van der Waals surface area contributed by atoms with Gasteiger partial charge < -0.3 is 8.83 Å². The quantitative estimate of drug-likeness (QED) is 0.440. The van der Waals surface area contributed by atoms with Gasteiger partial charge in [0.15, 0.2) is 5.82 Å². The number of furan rings is 2. The molecule has 0 fully saturated rings. The van der Waals surface area contributed by atoms with Gasteiger partial charge in [0.1, 0.15) is 21.8 Å². The molecule has 0 radical (unpaired) electrons.